The summed E-state index contributed by atoms with van der Waals surface area (Å²) in [6, 6.07) is 12.1. The number of aromatic nitrogens is 1. The smallest absolute Gasteiger partial charge is 0.252 e. The van der Waals surface area contributed by atoms with Crippen LogP contribution in [-0.2, 0) is 6.42 Å². The molecule has 2 heterocycles. The van der Waals surface area contributed by atoms with Crippen LogP contribution in [0.2, 0.25) is 0 Å². The average Bonchev–Trinajstić information content (AvgIpc) is 2.95. The Bertz CT molecular complexity index is 612. The summed E-state index contributed by atoms with van der Waals surface area (Å²) < 4.78 is 0. The molecule has 3 rings (SSSR count). The van der Waals surface area contributed by atoms with Gasteiger partial charge in [0.1, 0.15) is 0 Å². The second-order valence-electron chi connectivity index (χ2n) is 5.22. The van der Waals surface area contributed by atoms with Gasteiger partial charge in [-0.1, -0.05) is 18.2 Å². The lowest BCUT2D eigenvalue weighted by Gasteiger charge is -2.19. The fraction of sp³-hybridized carbons (Fsp3) is 0.294. The van der Waals surface area contributed by atoms with Crippen molar-refractivity contribution in [2.75, 3.05) is 24.5 Å². The lowest BCUT2D eigenvalue weighted by molar-refractivity contribution is 0.0953. The minimum atomic E-state index is -0.0510. The van der Waals surface area contributed by atoms with Crippen LogP contribution in [0.5, 0.6) is 0 Å². The molecule has 108 valence electrons. The van der Waals surface area contributed by atoms with Crippen molar-refractivity contribution in [3.05, 3.63) is 59.9 Å². The number of fused-ring (bicyclic) bond motifs is 1. The number of hydrogen-bond donors (Lipinski definition) is 1. The van der Waals surface area contributed by atoms with Crippen molar-refractivity contribution in [1.29, 1.82) is 0 Å². The molecule has 1 aromatic carbocycles. The molecule has 0 spiro atoms. The Morgan fingerprint density at radius 2 is 2.14 bits per heavy atom. The van der Waals surface area contributed by atoms with E-state index in [4.69, 9.17) is 0 Å². The quantitative estimate of drug-likeness (QED) is 0.855. The van der Waals surface area contributed by atoms with Gasteiger partial charge >= 0.3 is 0 Å². The summed E-state index contributed by atoms with van der Waals surface area (Å²) in [5, 5.41) is 2.94. The number of carbonyl (C=O) groups excluding carboxylic acids is 1. The van der Waals surface area contributed by atoms with Crippen molar-refractivity contribution in [2.45, 2.75) is 12.8 Å². The molecule has 4 heteroatoms. The van der Waals surface area contributed by atoms with Crippen LogP contribution in [0.15, 0.2) is 48.8 Å². The van der Waals surface area contributed by atoms with Crippen LogP contribution < -0.4 is 10.2 Å². The Balaban J connectivity index is 1.44. The molecular formula is C17H19N3O. The summed E-state index contributed by atoms with van der Waals surface area (Å²) in [5.41, 5.74) is 3.39. The zero-order chi connectivity index (χ0) is 14.5. The standard InChI is InChI=1S/C17H19N3O/c21-17(15-6-3-9-18-13-15)19-10-4-11-20-12-8-14-5-1-2-7-16(14)20/h1-3,5-7,9,13H,4,8,10-12H2,(H,19,21). The molecule has 1 amide bonds. The molecular weight excluding hydrogens is 262 g/mol. The summed E-state index contributed by atoms with van der Waals surface area (Å²) in [6.07, 6.45) is 5.33. The molecule has 0 saturated carbocycles. The number of nitrogens with zero attached hydrogens (tertiary/aromatic N) is 2. The van der Waals surface area contributed by atoms with Crippen LogP contribution in [0.1, 0.15) is 22.3 Å². The highest BCUT2D eigenvalue weighted by Crippen LogP contribution is 2.27. The van der Waals surface area contributed by atoms with Crippen LogP contribution in [0.25, 0.3) is 0 Å². The van der Waals surface area contributed by atoms with E-state index >= 15 is 0 Å². The predicted molar refractivity (Wildman–Crippen MR) is 83.5 cm³/mol. The highest BCUT2D eigenvalue weighted by atomic mass is 16.1. The van der Waals surface area contributed by atoms with E-state index in [0.717, 1.165) is 25.9 Å². The molecule has 0 fully saturated rings. The van der Waals surface area contributed by atoms with Crippen molar-refractivity contribution >= 4 is 11.6 Å². The molecule has 21 heavy (non-hydrogen) atoms. The molecule has 0 saturated heterocycles. The van der Waals surface area contributed by atoms with Gasteiger partial charge in [0, 0.05) is 37.7 Å². The molecule has 1 aliphatic rings. The molecule has 0 atom stereocenters. The SMILES string of the molecule is O=C(NCCCN1CCc2ccccc21)c1cccnc1. The molecule has 1 N–H and O–H groups in total. The average molecular weight is 281 g/mol. The Hall–Kier alpha value is -2.36. The van der Waals surface area contributed by atoms with Gasteiger partial charge in [0.05, 0.1) is 5.56 Å². The van der Waals surface area contributed by atoms with Gasteiger partial charge < -0.3 is 10.2 Å². The Labute approximate surface area is 124 Å². The van der Waals surface area contributed by atoms with Gasteiger partial charge in [-0.25, -0.2) is 0 Å². The highest BCUT2D eigenvalue weighted by molar-refractivity contribution is 5.93. The largest absolute Gasteiger partial charge is 0.371 e. The molecule has 0 aliphatic carbocycles. The van der Waals surface area contributed by atoms with Crippen molar-refractivity contribution in [1.82, 2.24) is 10.3 Å². The van der Waals surface area contributed by atoms with E-state index in [9.17, 15) is 4.79 Å². The van der Waals surface area contributed by atoms with E-state index in [1.165, 1.54) is 11.3 Å². The first-order valence-electron chi connectivity index (χ1n) is 7.36. The van der Waals surface area contributed by atoms with Crippen molar-refractivity contribution in [3.63, 3.8) is 0 Å². The first kappa shape index (κ1) is 13.6. The fourth-order valence-electron chi connectivity index (χ4n) is 2.71. The molecule has 0 unspecified atom stereocenters. The van der Waals surface area contributed by atoms with E-state index in [2.05, 4.69) is 39.5 Å². The maximum absolute atomic E-state index is 11.9. The van der Waals surface area contributed by atoms with Crippen LogP contribution >= 0.6 is 0 Å². The normalized spacial score (nSPS) is 13.0. The van der Waals surface area contributed by atoms with E-state index in [1.54, 1.807) is 24.5 Å². The first-order chi connectivity index (χ1) is 10.3. The summed E-state index contributed by atoms with van der Waals surface area (Å²) in [5.74, 6) is -0.0510. The zero-order valence-corrected chi connectivity index (χ0v) is 12.0. The van der Waals surface area contributed by atoms with E-state index in [-0.39, 0.29) is 5.91 Å². The third-order valence-corrected chi connectivity index (χ3v) is 3.80. The van der Waals surface area contributed by atoms with Gasteiger partial charge in [-0.2, -0.15) is 0 Å². The van der Waals surface area contributed by atoms with Crippen LogP contribution in [-0.4, -0.2) is 30.5 Å². The lowest BCUT2D eigenvalue weighted by Crippen LogP contribution is -2.29. The molecule has 1 aliphatic heterocycles. The Morgan fingerprint density at radius 1 is 1.24 bits per heavy atom. The number of pyridine rings is 1. The van der Waals surface area contributed by atoms with Gasteiger partial charge in [0.25, 0.3) is 5.91 Å². The third kappa shape index (κ3) is 3.21. The minimum Gasteiger partial charge on any atom is -0.371 e. The number of hydrogen-bond acceptors (Lipinski definition) is 3. The summed E-state index contributed by atoms with van der Waals surface area (Å²) in [4.78, 5) is 18.2. The highest BCUT2D eigenvalue weighted by Gasteiger charge is 2.17. The first-order valence-corrected chi connectivity index (χ1v) is 7.36. The second kappa shape index (κ2) is 6.39. The van der Waals surface area contributed by atoms with Crippen molar-refractivity contribution in [2.24, 2.45) is 0 Å². The van der Waals surface area contributed by atoms with Crippen molar-refractivity contribution in [3.8, 4) is 0 Å². The van der Waals surface area contributed by atoms with Crippen LogP contribution in [0.4, 0.5) is 5.69 Å². The maximum Gasteiger partial charge on any atom is 0.252 e. The predicted octanol–water partition coefficient (Wildman–Crippen LogP) is 2.26. The summed E-state index contributed by atoms with van der Waals surface area (Å²) >= 11 is 0. The monoisotopic (exact) mass is 281 g/mol. The van der Waals surface area contributed by atoms with Gasteiger partial charge in [-0.3, -0.25) is 9.78 Å². The van der Waals surface area contributed by atoms with E-state index in [1.807, 2.05) is 0 Å². The van der Waals surface area contributed by atoms with Crippen molar-refractivity contribution < 1.29 is 4.79 Å². The van der Waals surface area contributed by atoms with Gasteiger partial charge in [-0.15, -0.1) is 0 Å². The molecule has 0 bridgehead atoms. The number of benzene rings is 1. The lowest BCUT2D eigenvalue weighted by atomic mass is 10.2. The molecule has 1 aromatic heterocycles. The van der Waals surface area contributed by atoms with E-state index in [0.29, 0.717) is 12.1 Å². The Morgan fingerprint density at radius 3 is 3.00 bits per heavy atom. The molecule has 4 nitrogen and oxygen atoms in total. The number of nitrogens with one attached hydrogen (secondary N) is 1. The third-order valence-electron chi connectivity index (χ3n) is 3.80. The summed E-state index contributed by atoms with van der Waals surface area (Å²) in [7, 11) is 0. The summed E-state index contributed by atoms with van der Waals surface area (Å²) in [6.45, 7) is 2.74. The van der Waals surface area contributed by atoms with Gasteiger partial charge in [0.2, 0.25) is 0 Å². The minimum absolute atomic E-state index is 0.0510. The number of anilines is 1. The number of carbonyl (C=O) groups is 1. The number of para-hydroxylation sites is 1. The van der Waals surface area contributed by atoms with Crippen LogP contribution in [0, 0.1) is 0 Å². The van der Waals surface area contributed by atoms with Crippen LogP contribution in [0.3, 0.4) is 0 Å². The number of rotatable bonds is 5. The maximum atomic E-state index is 11.9. The number of amides is 1. The van der Waals surface area contributed by atoms with Gasteiger partial charge in [0.15, 0.2) is 0 Å². The second-order valence-corrected chi connectivity index (χ2v) is 5.22. The van der Waals surface area contributed by atoms with Gasteiger partial charge in [-0.05, 0) is 36.6 Å². The topological polar surface area (TPSA) is 45.2 Å². The zero-order valence-electron chi connectivity index (χ0n) is 12.0. The van der Waals surface area contributed by atoms with E-state index < -0.39 is 0 Å². The molecule has 0 radical (unpaired) electrons. The molecule has 2 aromatic rings. The Kier molecular flexibility index (Phi) is 4.15. The fourth-order valence-corrected chi connectivity index (χ4v) is 2.71.